The molecule has 3 aromatic rings. The van der Waals surface area contributed by atoms with Crippen molar-refractivity contribution in [1.82, 2.24) is 4.90 Å². The topological polar surface area (TPSA) is 45.8 Å². The van der Waals surface area contributed by atoms with Gasteiger partial charge in [0.05, 0.1) is 12.8 Å². The molecule has 0 aliphatic heterocycles. The number of benzene rings is 2. The Balaban J connectivity index is 1.58. The minimum Gasteiger partial charge on any atom is -0.491 e. The highest BCUT2D eigenvalue weighted by Gasteiger charge is 2.15. The number of hydrogen-bond donors (Lipinski definition) is 1. The van der Waals surface area contributed by atoms with Crippen molar-refractivity contribution in [3.8, 4) is 5.75 Å². The van der Waals surface area contributed by atoms with Crippen molar-refractivity contribution in [3.63, 3.8) is 0 Å². The van der Waals surface area contributed by atoms with Crippen molar-refractivity contribution in [2.24, 2.45) is 0 Å². The molecule has 0 saturated carbocycles. The van der Waals surface area contributed by atoms with Crippen LogP contribution in [0.15, 0.2) is 77.4 Å². The Hall–Kier alpha value is -2.56. The molecule has 0 aliphatic rings. The van der Waals surface area contributed by atoms with Gasteiger partial charge in [0, 0.05) is 13.1 Å². The van der Waals surface area contributed by atoms with E-state index in [1.807, 2.05) is 61.5 Å². The minimum absolute atomic E-state index is 0.257. The summed E-state index contributed by atoms with van der Waals surface area (Å²) >= 11 is 0. The fourth-order valence-electron chi connectivity index (χ4n) is 2.90. The molecule has 0 fully saturated rings. The van der Waals surface area contributed by atoms with Crippen LogP contribution in [-0.2, 0) is 13.1 Å². The van der Waals surface area contributed by atoms with Crippen molar-refractivity contribution in [3.05, 3.63) is 89.9 Å². The van der Waals surface area contributed by atoms with Crippen LogP contribution in [-0.4, -0.2) is 29.3 Å². The van der Waals surface area contributed by atoms with Gasteiger partial charge in [0.15, 0.2) is 0 Å². The van der Waals surface area contributed by atoms with Crippen LogP contribution in [0.2, 0.25) is 0 Å². The largest absolute Gasteiger partial charge is 0.491 e. The van der Waals surface area contributed by atoms with Gasteiger partial charge in [0.2, 0.25) is 0 Å². The van der Waals surface area contributed by atoms with E-state index in [9.17, 15) is 5.11 Å². The molecule has 1 heterocycles. The SMILES string of the molecule is Cc1cccc(OCC(O)CN(Cc2ccccc2)Cc2ccco2)c1. The third kappa shape index (κ3) is 5.76. The van der Waals surface area contributed by atoms with Crippen LogP contribution in [0.3, 0.4) is 0 Å². The van der Waals surface area contributed by atoms with E-state index in [2.05, 4.69) is 17.0 Å². The molecule has 0 aliphatic carbocycles. The fourth-order valence-corrected chi connectivity index (χ4v) is 2.90. The first kappa shape index (κ1) is 18.2. The van der Waals surface area contributed by atoms with Gasteiger partial charge < -0.3 is 14.3 Å². The van der Waals surface area contributed by atoms with Gasteiger partial charge in [-0.3, -0.25) is 4.90 Å². The van der Waals surface area contributed by atoms with Crippen LogP contribution in [0.5, 0.6) is 5.75 Å². The van der Waals surface area contributed by atoms with E-state index in [0.29, 0.717) is 13.1 Å². The zero-order valence-electron chi connectivity index (χ0n) is 15.0. The Kier molecular flexibility index (Phi) is 6.47. The van der Waals surface area contributed by atoms with E-state index < -0.39 is 6.10 Å². The van der Waals surface area contributed by atoms with Gasteiger partial charge >= 0.3 is 0 Å². The maximum Gasteiger partial charge on any atom is 0.119 e. The van der Waals surface area contributed by atoms with E-state index in [0.717, 1.165) is 23.6 Å². The lowest BCUT2D eigenvalue weighted by molar-refractivity contribution is 0.0604. The quantitative estimate of drug-likeness (QED) is 0.632. The standard InChI is InChI=1S/C22H25NO3/c1-18-7-5-10-21(13-18)26-17-20(24)15-23(16-22-11-6-12-25-22)14-19-8-3-2-4-9-19/h2-13,20,24H,14-17H2,1H3. The summed E-state index contributed by atoms with van der Waals surface area (Å²) in [6.45, 7) is 4.16. The Bertz CT molecular complexity index is 771. The van der Waals surface area contributed by atoms with Crippen LogP contribution in [0.4, 0.5) is 0 Å². The summed E-state index contributed by atoms with van der Waals surface area (Å²) in [5.41, 5.74) is 2.34. The smallest absolute Gasteiger partial charge is 0.119 e. The molecule has 0 amide bonds. The fraction of sp³-hybridized carbons (Fsp3) is 0.273. The Morgan fingerprint density at radius 1 is 1.00 bits per heavy atom. The molecule has 0 saturated heterocycles. The Morgan fingerprint density at radius 2 is 1.85 bits per heavy atom. The highest BCUT2D eigenvalue weighted by atomic mass is 16.5. The second-order valence-corrected chi connectivity index (χ2v) is 6.52. The molecular weight excluding hydrogens is 326 g/mol. The van der Waals surface area contributed by atoms with Gasteiger partial charge in [-0.05, 0) is 42.3 Å². The Morgan fingerprint density at radius 3 is 2.58 bits per heavy atom. The van der Waals surface area contributed by atoms with Crippen molar-refractivity contribution in [2.75, 3.05) is 13.2 Å². The summed E-state index contributed by atoms with van der Waals surface area (Å²) in [5, 5.41) is 10.5. The molecule has 26 heavy (non-hydrogen) atoms. The molecule has 136 valence electrons. The molecule has 1 N–H and O–H groups in total. The third-order valence-corrected chi connectivity index (χ3v) is 4.11. The lowest BCUT2D eigenvalue weighted by atomic mass is 10.2. The molecular formula is C22H25NO3. The van der Waals surface area contributed by atoms with Gasteiger partial charge in [-0.25, -0.2) is 0 Å². The summed E-state index contributed by atoms with van der Waals surface area (Å²) in [7, 11) is 0. The number of ether oxygens (including phenoxy) is 1. The normalized spacial score (nSPS) is 12.3. The zero-order valence-corrected chi connectivity index (χ0v) is 15.0. The van der Waals surface area contributed by atoms with Gasteiger partial charge in [0.25, 0.3) is 0 Å². The van der Waals surface area contributed by atoms with Crippen LogP contribution < -0.4 is 4.74 Å². The molecule has 0 spiro atoms. The molecule has 3 rings (SSSR count). The maximum atomic E-state index is 10.5. The number of furan rings is 1. The molecule has 0 bridgehead atoms. The second-order valence-electron chi connectivity index (χ2n) is 6.52. The number of aliphatic hydroxyl groups is 1. The molecule has 1 atom stereocenters. The summed E-state index contributed by atoms with van der Waals surface area (Å²) < 4.78 is 11.2. The van der Waals surface area contributed by atoms with E-state index in [4.69, 9.17) is 9.15 Å². The van der Waals surface area contributed by atoms with Crippen molar-refractivity contribution >= 4 is 0 Å². The van der Waals surface area contributed by atoms with Gasteiger partial charge in [-0.15, -0.1) is 0 Å². The van der Waals surface area contributed by atoms with Crippen molar-refractivity contribution in [2.45, 2.75) is 26.1 Å². The number of aliphatic hydroxyl groups excluding tert-OH is 1. The highest BCUT2D eigenvalue weighted by molar-refractivity contribution is 5.27. The zero-order chi connectivity index (χ0) is 18.2. The summed E-state index contributed by atoms with van der Waals surface area (Å²) in [6, 6.07) is 21.9. The Labute approximate surface area is 154 Å². The van der Waals surface area contributed by atoms with Gasteiger partial charge in [-0.1, -0.05) is 42.5 Å². The average molecular weight is 351 g/mol. The third-order valence-electron chi connectivity index (χ3n) is 4.11. The summed E-state index contributed by atoms with van der Waals surface area (Å²) in [4.78, 5) is 2.17. The van der Waals surface area contributed by atoms with Crippen LogP contribution >= 0.6 is 0 Å². The first-order valence-corrected chi connectivity index (χ1v) is 8.85. The number of nitrogens with zero attached hydrogens (tertiary/aromatic N) is 1. The molecule has 0 radical (unpaired) electrons. The molecule has 1 aromatic heterocycles. The van der Waals surface area contributed by atoms with Crippen LogP contribution in [0.1, 0.15) is 16.9 Å². The van der Waals surface area contributed by atoms with E-state index in [1.165, 1.54) is 5.56 Å². The van der Waals surface area contributed by atoms with Gasteiger partial charge in [-0.2, -0.15) is 0 Å². The minimum atomic E-state index is -0.589. The number of hydrogen-bond acceptors (Lipinski definition) is 4. The second kappa shape index (κ2) is 9.22. The molecule has 4 heteroatoms. The van der Waals surface area contributed by atoms with E-state index in [-0.39, 0.29) is 6.61 Å². The maximum absolute atomic E-state index is 10.5. The van der Waals surface area contributed by atoms with Crippen LogP contribution in [0, 0.1) is 6.92 Å². The lowest BCUT2D eigenvalue weighted by Gasteiger charge is -2.24. The summed E-state index contributed by atoms with van der Waals surface area (Å²) in [6.07, 6.45) is 1.09. The molecule has 2 aromatic carbocycles. The molecule has 4 nitrogen and oxygen atoms in total. The predicted octanol–water partition coefficient (Wildman–Crippen LogP) is 4.03. The van der Waals surface area contributed by atoms with E-state index in [1.54, 1.807) is 6.26 Å². The van der Waals surface area contributed by atoms with Gasteiger partial charge in [0.1, 0.15) is 24.2 Å². The van der Waals surface area contributed by atoms with Crippen LogP contribution in [0.25, 0.3) is 0 Å². The van der Waals surface area contributed by atoms with Crippen molar-refractivity contribution in [1.29, 1.82) is 0 Å². The monoisotopic (exact) mass is 351 g/mol. The number of rotatable bonds is 9. The molecule has 1 unspecified atom stereocenters. The number of aryl methyl sites for hydroxylation is 1. The predicted molar refractivity (Wildman–Crippen MR) is 102 cm³/mol. The highest BCUT2D eigenvalue weighted by Crippen LogP contribution is 2.14. The first-order valence-electron chi connectivity index (χ1n) is 8.85. The average Bonchev–Trinajstić information content (AvgIpc) is 3.14. The first-order chi connectivity index (χ1) is 12.7. The van der Waals surface area contributed by atoms with Crippen molar-refractivity contribution < 1.29 is 14.3 Å². The van der Waals surface area contributed by atoms with E-state index >= 15 is 0 Å². The lowest BCUT2D eigenvalue weighted by Crippen LogP contribution is -2.35. The summed E-state index contributed by atoms with van der Waals surface area (Å²) in [5.74, 6) is 1.66.